The number of ether oxygens (including phenoxy) is 1. The van der Waals surface area contributed by atoms with E-state index in [1.165, 1.54) is 6.42 Å². The monoisotopic (exact) mass is 282 g/mol. The first-order valence-corrected chi connectivity index (χ1v) is 8.30. The molecule has 0 spiro atoms. The first kappa shape index (κ1) is 15.8. The minimum absolute atomic E-state index is 0.00939. The molecule has 116 valence electrons. The van der Waals surface area contributed by atoms with Crippen molar-refractivity contribution < 1.29 is 9.53 Å². The normalized spacial score (nSPS) is 31.3. The smallest absolute Gasteiger partial charge is 0.241 e. The first-order valence-electron chi connectivity index (χ1n) is 8.30. The zero-order valence-corrected chi connectivity index (χ0v) is 13.2. The summed E-state index contributed by atoms with van der Waals surface area (Å²) in [7, 11) is 0. The van der Waals surface area contributed by atoms with Crippen LogP contribution in [0.25, 0.3) is 0 Å². The van der Waals surface area contributed by atoms with Gasteiger partial charge in [-0.3, -0.25) is 10.1 Å². The Morgan fingerprint density at radius 3 is 2.80 bits per heavy atom. The molecule has 0 aromatic heterocycles. The Morgan fingerprint density at radius 1 is 1.40 bits per heavy atom. The summed E-state index contributed by atoms with van der Waals surface area (Å²) in [5, 5.41) is 3.53. The number of rotatable bonds is 6. The van der Waals surface area contributed by atoms with Crippen LogP contribution in [0.15, 0.2) is 0 Å². The molecule has 2 saturated heterocycles. The Hall–Kier alpha value is -0.610. The van der Waals surface area contributed by atoms with Gasteiger partial charge in [0.25, 0.3) is 0 Å². The van der Waals surface area contributed by atoms with Crippen molar-refractivity contribution in [2.75, 3.05) is 13.2 Å². The van der Waals surface area contributed by atoms with Crippen molar-refractivity contribution in [2.45, 2.75) is 77.6 Å². The van der Waals surface area contributed by atoms with Gasteiger partial charge in [-0.1, -0.05) is 27.2 Å². The lowest BCUT2D eigenvalue weighted by molar-refractivity contribution is -0.133. The van der Waals surface area contributed by atoms with E-state index in [-0.39, 0.29) is 24.2 Å². The molecule has 2 fully saturated rings. The van der Waals surface area contributed by atoms with Crippen molar-refractivity contribution in [3.63, 3.8) is 0 Å². The van der Waals surface area contributed by atoms with Crippen LogP contribution in [0.2, 0.25) is 0 Å². The lowest BCUT2D eigenvalue weighted by Crippen LogP contribution is -2.43. The molecule has 3 atom stereocenters. The Morgan fingerprint density at radius 2 is 2.20 bits per heavy atom. The van der Waals surface area contributed by atoms with Crippen molar-refractivity contribution >= 4 is 5.91 Å². The number of carbonyl (C=O) groups is 1. The molecule has 1 amide bonds. The quantitative estimate of drug-likeness (QED) is 0.814. The largest absolute Gasteiger partial charge is 0.376 e. The number of hydrogen-bond donors (Lipinski definition) is 1. The third kappa shape index (κ3) is 3.95. The van der Waals surface area contributed by atoms with Gasteiger partial charge in [-0.15, -0.1) is 0 Å². The zero-order valence-electron chi connectivity index (χ0n) is 13.2. The molecule has 0 aromatic carbocycles. The van der Waals surface area contributed by atoms with Crippen LogP contribution in [-0.4, -0.2) is 42.3 Å². The van der Waals surface area contributed by atoms with E-state index in [0.717, 1.165) is 45.3 Å². The minimum atomic E-state index is 0.00939. The van der Waals surface area contributed by atoms with Crippen LogP contribution >= 0.6 is 0 Å². The van der Waals surface area contributed by atoms with E-state index in [1.807, 2.05) is 4.90 Å². The van der Waals surface area contributed by atoms with Crippen molar-refractivity contribution in [3.05, 3.63) is 0 Å². The highest BCUT2D eigenvalue weighted by atomic mass is 16.5. The van der Waals surface area contributed by atoms with Gasteiger partial charge in [0.1, 0.15) is 0 Å². The van der Waals surface area contributed by atoms with Gasteiger partial charge in [0, 0.05) is 13.2 Å². The lowest BCUT2D eigenvalue weighted by Gasteiger charge is -2.30. The predicted octanol–water partition coefficient (Wildman–Crippen LogP) is 2.53. The maximum absolute atomic E-state index is 12.6. The second-order valence-corrected chi connectivity index (χ2v) is 6.63. The molecule has 4 heteroatoms. The standard InChI is InChI=1S/C16H30N2O2/c1-4-7-15-17-14(10-12(2)3)16(19)18(15)11-13-8-5-6-9-20-13/h12-15,17H,4-11H2,1-3H3. The van der Waals surface area contributed by atoms with Gasteiger partial charge in [-0.2, -0.15) is 0 Å². The van der Waals surface area contributed by atoms with Crippen LogP contribution in [-0.2, 0) is 9.53 Å². The topological polar surface area (TPSA) is 41.6 Å². The fourth-order valence-corrected chi connectivity index (χ4v) is 3.29. The van der Waals surface area contributed by atoms with Gasteiger partial charge in [0.15, 0.2) is 0 Å². The summed E-state index contributed by atoms with van der Waals surface area (Å²) < 4.78 is 5.81. The molecule has 0 saturated carbocycles. The summed E-state index contributed by atoms with van der Waals surface area (Å²) >= 11 is 0. The van der Waals surface area contributed by atoms with Crippen molar-refractivity contribution in [3.8, 4) is 0 Å². The first-order chi connectivity index (χ1) is 9.61. The number of amides is 1. The minimum Gasteiger partial charge on any atom is -0.376 e. The van der Waals surface area contributed by atoms with Crippen LogP contribution < -0.4 is 5.32 Å². The highest BCUT2D eigenvalue weighted by Gasteiger charge is 2.39. The molecule has 20 heavy (non-hydrogen) atoms. The molecule has 1 N–H and O–H groups in total. The summed E-state index contributed by atoms with van der Waals surface area (Å²) in [5.41, 5.74) is 0. The van der Waals surface area contributed by atoms with E-state index < -0.39 is 0 Å². The van der Waals surface area contributed by atoms with Gasteiger partial charge >= 0.3 is 0 Å². The second-order valence-electron chi connectivity index (χ2n) is 6.63. The van der Waals surface area contributed by atoms with Gasteiger partial charge in [-0.05, 0) is 38.0 Å². The third-order valence-corrected chi connectivity index (χ3v) is 4.29. The SMILES string of the molecule is CCCC1NC(CC(C)C)C(=O)N1CC1CCCCO1. The van der Waals surface area contributed by atoms with E-state index in [1.54, 1.807) is 0 Å². The molecule has 3 unspecified atom stereocenters. The molecule has 2 aliphatic rings. The molecular formula is C16H30N2O2. The summed E-state index contributed by atoms with van der Waals surface area (Å²) in [6, 6.07) is 0.00939. The Balaban J connectivity index is 1.96. The molecular weight excluding hydrogens is 252 g/mol. The van der Waals surface area contributed by atoms with E-state index >= 15 is 0 Å². The maximum Gasteiger partial charge on any atom is 0.241 e. The molecule has 2 heterocycles. The van der Waals surface area contributed by atoms with E-state index in [9.17, 15) is 4.79 Å². The molecule has 2 rings (SSSR count). The van der Waals surface area contributed by atoms with Gasteiger partial charge in [0.05, 0.1) is 18.3 Å². The number of nitrogens with one attached hydrogen (secondary N) is 1. The van der Waals surface area contributed by atoms with Crippen LogP contribution in [0.4, 0.5) is 0 Å². The maximum atomic E-state index is 12.6. The van der Waals surface area contributed by atoms with Crippen molar-refractivity contribution in [2.24, 2.45) is 5.92 Å². The summed E-state index contributed by atoms with van der Waals surface area (Å²) in [6.45, 7) is 8.16. The second kappa shape index (κ2) is 7.41. The van der Waals surface area contributed by atoms with Crippen molar-refractivity contribution in [1.82, 2.24) is 10.2 Å². The van der Waals surface area contributed by atoms with Gasteiger partial charge < -0.3 is 9.64 Å². The molecule has 0 aliphatic carbocycles. The lowest BCUT2D eigenvalue weighted by atomic mass is 10.0. The van der Waals surface area contributed by atoms with Crippen LogP contribution in [0.3, 0.4) is 0 Å². The molecule has 0 aromatic rings. The van der Waals surface area contributed by atoms with E-state index in [2.05, 4.69) is 26.1 Å². The van der Waals surface area contributed by atoms with Crippen molar-refractivity contribution in [1.29, 1.82) is 0 Å². The zero-order chi connectivity index (χ0) is 14.5. The Labute approximate surface area is 123 Å². The highest BCUT2D eigenvalue weighted by molar-refractivity contribution is 5.84. The number of carbonyl (C=O) groups excluding carboxylic acids is 1. The number of nitrogens with zero attached hydrogens (tertiary/aromatic N) is 1. The Bertz CT molecular complexity index is 314. The van der Waals surface area contributed by atoms with Crippen LogP contribution in [0.5, 0.6) is 0 Å². The molecule has 2 aliphatic heterocycles. The fourth-order valence-electron chi connectivity index (χ4n) is 3.29. The van der Waals surface area contributed by atoms with Crippen LogP contribution in [0.1, 0.15) is 59.3 Å². The van der Waals surface area contributed by atoms with E-state index in [4.69, 9.17) is 4.74 Å². The third-order valence-electron chi connectivity index (χ3n) is 4.29. The highest BCUT2D eigenvalue weighted by Crippen LogP contribution is 2.22. The predicted molar refractivity (Wildman–Crippen MR) is 80.4 cm³/mol. The summed E-state index contributed by atoms with van der Waals surface area (Å²) in [5.74, 6) is 0.830. The number of hydrogen-bond acceptors (Lipinski definition) is 3. The fraction of sp³-hybridized carbons (Fsp3) is 0.938. The summed E-state index contributed by atoms with van der Waals surface area (Å²) in [4.78, 5) is 14.7. The average molecular weight is 282 g/mol. The summed E-state index contributed by atoms with van der Waals surface area (Å²) in [6.07, 6.45) is 7.01. The molecule has 4 nitrogen and oxygen atoms in total. The van der Waals surface area contributed by atoms with Gasteiger partial charge in [-0.25, -0.2) is 0 Å². The molecule has 0 bridgehead atoms. The van der Waals surface area contributed by atoms with Crippen LogP contribution in [0, 0.1) is 5.92 Å². The van der Waals surface area contributed by atoms with Gasteiger partial charge in [0.2, 0.25) is 5.91 Å². The van der Waals surface area contributed by atoms with E-state index in [0.29, 0.717) is 5.92 Å². The Kier molecular flexibility index (Phi) is 5.85. The average Bonchev–Trinajstić information content (AvgIpc) is 2.69. The molecule has 0 radical (unpaired) electrons.